The maximum Gasteiger partial charge on any atom is 0.312 e. The van der Waals surface area contributed by atoms with Crippen molar-refractivity contribution in [2.45, 2.75) is 26.9 Å². The summed E-state index contributed by atoms with van der Waals surface area (Å²) in [6.45, 7) is 14.6. The molecule has 0 atom stereocenters. The smallest absolute Gasteiger partial charge is 0.312 e. The Morgan fingerprint density at radius 3 is 2.31 bits per heavy atom. The minimum Gasteiger partial charge on any atom is -0.491 e. The van der Waals surface area contributed by atoms with Gasteiger partial charge in [-0.1, -0.05) is 12.1 Å². The Kier molecular flexibility index (Phi) is 9.53. The molecule has 0 radical (unpaired) electrons. The molecule has 8 rings (SSSR count). The fourth-order valence-electron chi connectivity index (χ4n) is 7.33. The Balaban J connectivity index is 1.02. The number of methoxy groups -OCH3 is 1. The zero-order valence-corrected chi connectivity index (χ0v) is 29.7. The average molecular weight is 689 g/mol. The topological polar surface area (TPSA) is 92.0 Å². The number of fused-ring (bicyclic) bond motifs is 2. The predicted octanol–water partition coefficient (Wildman–Crippen LogP) is 4.46. The summed E-state index contributed by atoms with van der Waals surface area (Å²) >= 11 is 0. The van der Waals surface area contributed by atoms with Crippen LogP contribution in [0.25, 0.3) is 22.0 Å². The van der Waals surface area contributed by atoms with Crippen LogP contribution < -0.4 is 19.2 Å². The standard InChI is InChI=1S/C39H46N9O3/c1-29-30(2)47(28-41-39(29)46-20-16-44(17-21-46)27-38-42-35-6-4-5-7-37(35)51-38)48-33(24-31-25-34(8-9-36(31)48)50-23-22-49-3)26-43-14-18-45(19-15-43)32-10-12-40-13-11-32/h4-13,24-25,28H,14-23,26-27H2,1-3H3/q+1. The minimum absolute atomic E-state index is 0.515. The van der Waals surface area contributed by atoms with E-state index in [0.29, 0.717) is 19.8 Å². The first-order chi connectivity index (χ1) is 25.0. The molecular weight excluding hydrogens is 642 g/mol. The van der Waals surface area contributed by atoms with Gasteiger partial charge in [0.1, 0.15) is 23.6 Å². The highest BCUT2D eigenvalue weighted by molar-refractivity contribution is 5.82. The van der Waals surface area contributed by atoms with E-state index >= 15 is 0 Å². The maximum atomic E-state index is 6.00. The van der Waals surface area contributed by atoms with E-state index in [2.05, 4.69) is 89.2 Å². The zero-order valence-electron chi connectivity index (χ0n) is 29.7. The van der Waals surface area contributed by atoms with Gasteiger partial charge in [-0.05, 0) is 60.4 Å². The number of pyridine rings is 1. The molecule has 0 bridgehead atoms. The summed E-state index contributed by atoms with van der Waals surface area (Å²) in [7, 11) is 1.69. The zero-order chi connectivity index (χ0) is 34.7. The molecule has 2 saturated heterocycles. The summed E-state index contributed by atoms with van der Waals surface area (Å²) in [6, 6.07) is 20.8. The number of anilines is 2. The van der Waals surface area contributed by atoms with Crippen molar-refractivity contribution in [3.63, 3.8) is 0 Å². The molecule has 2 aliphatic heterocycles. The molecule has 12 nitrogen and oxygen atoms in total. The third-order valence-electron chi connectivity index (χ3n) is 10.3. The summed E-state index contributed by atoms with van der Waals surface area (Å²) in [5, 5.41) is 1.14. The molecule has 2 fully saturated rings. The van der Waals surface area contributed by atoms with E-state index < -0.39 is 0 Å². The summed E-state index contributed by atoms with van der Waals surface area (Å²) in [6.07, 6.45) is 5.74. The van der Waals surface area contributed by atoms with Crippen LogP contribution in [-0.2, 0) is 17.8 Å². The van der Waals surface area contributed by atoms with Crippen LogP contribution in [0.3, 0.4) is 0 Å². The van der Waals surface area contributed by atoms with E-state index in [4.69, 9.17) is 18.9 Å². The van der Waals surface area contributed by atoms with Gasteiger partial charge in [-0.2, -0.15) is 4.68 Å². The SMILES string of the molecule is COCCOc1ccc2c(c1)cc(CN1CCN(c3ccncc3)CC1)n2-[n+]1cnc(N2CCN(Cc3nc4ccccc4o3)CC2)c(C)c1C. The predicted molar refractivity (Wildman–Crippen MR) is 197 cm³/mol. The quantitative estimate of drug-likeness (QED) is 0.144. The Hall–Kier alpha value is -5.04. The number of hydrogen-bond donors (Lipinski definition) is 0. The first-order valence-corrected chi connectivity index (χ1v) is 17.9. The van der Waals surface area contributed by atoms with E-state index in [-0.39, 0.29) is 0 Å². The summed E-state index contributed by atoms with van der Waals surface area (Å²) < 4.78 is 21.8. The molecule has 6 heterocycles. The van der Waals surface area contributed by atoms with Gasteiger partial charge in [0.2, 0.25) is 11.7 Å². The van der Waals surface area contributed by atoms with Crippen molar-refractivity contribution < 1.29 is 18.6 Å². The molecule has 6 aromatic rings. The van der Waals surface area contributed by atoms with Crippen molar-refractivity contribution in [2.75, 3.05) is 82.5 Å². The molecule has 0 spiro atoms. The van der Waals surface area contributed by atoms with Crippen molar-refractivity contribution in [2.24, 2.45) is 0 Å². The Morgan fingerprint density at radius 1 is 0.804 bits per heavy atom. The summed E-state index contributed by atoms with van der Waals surface area (Å²) in [5.41, 5.74) is 7.67. The van der Waals surface area contributed by atoms with Gasteiger partial charge in [-0.15, -0.1) is 4.68 Å². The molecule has 2 aliphatic rings. The third kappa shape index (κ3) is 6.99. The van der Waals surface area contributed by atoms with Crippen molar-refractivity contribution in [3.05, 3.63) is 102 Å². The van der Waals surface area contributed by atoms with Crippen LogP contribution in [0.1, 0.15) is 22.8 Å². The van der Waals surface area contributed by atoms with Gasteiger partial charge < -0.3 is 23.7 Å². The van der Waals surface area contributed by atoms with Crippen LogP contribution in [0.15, 0.2) is 83.8 Å². The number of nitrogens with zero attached hydrogens (tertiary/aromatic N) is 9. The van der Waals surface area contributed by atoms with Gasteiger partial charge in [-0.3, -0.25) is 14.8 Å². The molecule has 0 aliphatic carbocycles. The van der Waals surface area contributed by atoms with Crippen molar-refractivity contribution in [3.8, 4) is 5.75 Å². The van der Waals surface area contributed by atoms with E-state index in [1.165, 1.54) is 16.9 Å². The average Bonchev–Trinajstić information content (AvgIpc) is 3.74. The van der Waals surface area contributed by atoms with E-state index in [1.807, 2.05) is 43.0 Å². The Bertz CT molecular complexity index is 2070. The molecule has 0 amide bonds. The first-order valence-electron chi connectivity index (χ1n) is 17.9. The van der Waals surface area contributed by atoms with Gasteiger partial charge in [0.15, 0.2) is 5.58 Å². The van der Waals surface area contributed by atoms with Crippen molar-refractivity contribution >= 4 is 33.5 Å². The second-order valence-corrected chi connectivity index (χ2v) is 13.4. The molecular formula is C39H46N9O3+. The highest BCUT2D eigenvalue weighted by Gasteiger charge is 2.28. The maximum absolute atomic E-state index is 6.00. The monoisotopic (exact) mass is 688 g/mol. The third-order valence-corrected chi connectivity index (χ3v) is 10.3. The van der Waals surface area contributed by atoms with Crippen LogP contribution >= 0.6 is 0 Å². The number of oxazole rings is 1. The van der Waals surface area contributed by atoms with Crippen molar-refractivity contribution in [1.82, 2.24) is 29.4 Å². The number of piperazine rings is 2. The van der Waals surface area contributed by atoms with Crippen LogP contribution in [0, 0.1) is 13.8 Å². The lowest BCUT2D eigenvalue weighted by Crippen LogP contribution is -2.50. The highest BCUT2D eigenvalue weighted by Crippen LogP contribution is 2.27. The van der Waals surface area contributed by atoms with Crippen LogP contribution in [0.4, 0.5) is 11.5 Å². The largest absolute Gasteiger partial charge is 0.491 e. The Labute approximate surface area is 298 Å². The lowest BCUT2D eigenvalue weighted by Gasteiger charge is -2.36. The van der Waals surface area contributed by atoms with Crippen LogP contribution in [-0.4, -0.2) is 102 Å². The Morgan fingerprint density at radius 2 is 1.55 bits per heavy atom. The van der Waals surface area contributed by atoms with Gasteiger partial charge >= 0.3 is 6.33 Å². The number of benzene rings is 2. The number of rotatable bonds is 11. The number of hydrogen-bond acceptors (Lipinski definition) is 10. The summed E-state index contributed by atoms with van der Waals surface area (Å²) in [5.74, 6) is 2.66. The lowest BCUT2D eigenvalue weighted by molar-refractivity contribution is -0.733. The second-order valence-electron chi connectivity index (χ2n) is 13.4. The molecule has 2 aromatic carbocycles. The second kappa shape index (κ2) is 14.7. The van der Waals surface area contributed by atoms with Crippen LogP contribution in [0.2, 0.25) is 0 Å². The molecule has 0 N–H and O–H groups in total. The first kappa shape index (κ1) is 33.1. The van der Waals surface area contributed by atoms with E-state index in [1.54, 1.807) is 7.11 Å². The summed E-state index contributed by atoms with van der Waals surface area (Å²) in [4.78, 5) is 23.8. The minimum atomic E-state index is 0.515. The van der Waals surface area contributed by atoms with E-state index in [0.717, 1.165) is 104 Å². The fourth-order valence-corrected chi connectivity index (χ4v) is 7.33. The fraction of sp³-hybridized carbons (Fsp3) is 0.385. The van der Waals surface area contributed by atoms with Gasteiger partial charge in [0.25, 0.3) is 0 Å². The molecule has 0 saturated carbocycles. The lowest BCUT2D eigenvalue weighted by atomic mass is 10.2. The van der Waals surface area contributed by atoms with Gasteiger partial charge in [0.05, 0.1) is 29.9 Å². The number of aromatic nitrogens is 5. The van der Waals surface area contributed by atoms with Gasteiger partial charge in [-0.25, -0.2) is 4.98 Å². The molecule has 12 heteroatoms. The molecule has 264 valence electrons. The van der Waals surface area contributed by atoms with Gasteiger partial charge in [0, 0.05) is 96.4 Å². The molecule has 51 heavy (non-hydrogen) atoms. The highest BCUT2D eigenvalue weighted by atomic mass is 16.5. The van der Waals surface area contributed by atoms with Crippen molar-refractivity contribution in [1.29, 1.82) is 0 Å². The normalized spacial score (nSPS) is 16.1. The number of ether oxygens (including phenoxy) is 2. The van der Waals surface area contributed by atoms with Crippen LogP contribution in [0.5, 0.6) is 5.75 Å². The molecule has 4 aromatic heterocycles. The number of para-hydroxylation sites is 2. The van der Waals surface area contributed by atoms with E-state index in [9.17, 15) is 0 Å². The molecule has 0 unspecified atom stereocenters.